The Morgan fingerprint density at radius 2 is 1.75 bits per heavy atom. The van der Waals surface area contributed by atoms with Gasteiger partial charge in [0.2, 0.25) is 0 Å². The first kappa shape index (κ1) is 18.3. The van der Waals surface area contributed by atoms with E-state index in [4.69, 9.17) is 4.74 Å². The Morgan fingerprint density at radius 1 is 1.07 bits per heavy atom. The molecular weight excluding hydrogens is 348 g/mol. The Balaban J connectivity index is 1.80. The van der Waals surface area contributed by atoms with Gasteiger partial charge in [0.25, 0.3) is 0 Å². The summed E-state index contributed by atoms with van der Waals surface area (Å²) in [6.07, 6.45) is 4.41. The van der Waals surface area contributed by atoms with E-state index in [-0.39, 0.29) is 11.7 Å². The maximum atomic E-state index is 12.7. The third kappa shape index (κ3) is 3.40. The van der Waals surface area contributed by atoms with Crippen LogP contribution in [-0.2, 0) is 9.53 Å². The molecule has 0 aromatic heterocycles. The molecule has 0 amide bonds. The highest BCUT2D eigenvalue weighted by Crippen LogP contribution is 2.50. The number of aliphatic hydroxyl groups is 1. The number of ether oxygens (including phenoxy) is 1. The molecule has 0 saturated heterocycles. The summed E-state index contributed by atoms with van der Waals surface area (Å²) in [7, 11) is 0. The summed E-state index contributed by atoms with van der Waals surface area (Å²) in [5, 5.41) is 10.8. The minimum atomic E-state index is -0.416. The van der Waals surface area contributed by atoms with E-state index in [0.717, 1.165) is 24.0 Å². The Hall–Kier alpha value is -3.07. The standard InChI is InChI=1S/C25H24O3/c1-2-28-25(27)24-22(26)16-21-19(15-17-9-5-3-6-10-17)13-14-20(21)23(24)18-11-7-4-8-12-18/h3-12,15,23,26H,2,13-14,16H2,1H3. The zero-order chi connectivity index (χ0) is 19.5. The largest absolute Gasteiger partial charge is 0.511 e. The third-order valence-electron chi connectivity index (χ3n) is 5.50. The van der Waals surface area contributed by atoms with E-state index < -0.39 is 5.97 Å². The van der Waals surface area contributed by atoms with Crippen molar-refractivity contribution in [2.24, 2.45) is 0 Å². The van der Waals surface area contributed by atoms with Gasteiger partial charge in [-0.15, -0.1) is 0 Å². The first-order valence-electron chi connectivity index (χ1n) is 9.81. The van der Waals surface area contributed by atoms with Crippen LogP contribution >= 0.6 is 0 Å². The van der Waals surface area contributed by atoms with Crippen LogP contribution in [0.4, 0.5) is 0 Å². The molecule has 3 heteroatoms. The number of benzene rings is 2. The normalized spacial score (nSPS) is 20.5. The van der Waals surface area contributed by atoms with E-state index in [9.17, 15) is 9.90 Å². The Bertz CT molecular complexity index is 965. The maximum Gasteiger partial charge on any atom is 0.338 e. The van der Waals surface area contributed by atoms with Gasteiger partial charge in [-0.2, -0.15) is 0 Å². The van der Waals surface area contributed by atoms with Gasteiger partial charge in [-0.1, -0.05) is 72.3 Å². The fourth-order valence-electron chi connectivity index (χ4n) is 4.29. The fraction of sp³-hybridized carbons (Fsp3) is 0.240. The predicted octanol–water partition coefficient (Wildman–Crippen LogP) is 5.72. The highest BCUT2D eigenvalue weighted by molar-refractivity contribution is 5.93. The van der Waals surface area contributed by atoms with Crippen molar-refractivity contribution in [3.63, 3.8) is 0 Å². The number of esters is 1. The number of hydrogen-bond donors (Lipinski definition) is 1. The second-order valence-corrected chi connectivity index (χ2v) is 7.19. The van der Waals surface area contributed by atoms with Gasteiger partial charge in [0.1, 0.15) is 5.76 Å². The molecule has 0 fully saturated rings. The van der Waals surface area contributed by atoms with E-state index in [1.54, 1.807) is 6.92 Å². The van der Waals surface area contributed by atoms with Crippen molar-refractivity contribution in [3.8, 4) is 0 Å². The van der Waals surface area contributed by atoms with Gasteiger partial charge < -0.3 is 9.84 Å². The summed E-state index contributed by atoms with van der Waals surface area (Å²) in [6.45, 7) is 2.08. The number of aliphatic hydroxyl groups excluding tert-OH is 1. The minimum Gasteiger partial charge on any atom is -0.511 e. The molecule has 0 aliphatic heterocycles. The average Bonchev–Trinajstić information content (AvgIpc) is 3.10. The van der Waals surface area contributed by atoms with Crippen LogP contribution in [0.15, 0.2) is 88.7 Å². The van der Waals surface area contributed by atoms with Gasteiger partial charge in [-0.25, -0.2) is 4.79 Å². The Labute approximate surface area is 165 Å². The topological polar surface area (TPSA) is 46.5 Å². The third-order valence-corrected chi connectivity index (χ3v) is 5.50. The lowest BCUT2D eigenvalue weighted by atomic mass is 9.77. The van der Waals surface area contributed by atoms with Crippen LogP contribution in [-0.4, -0.2) is 17.7 Å². The van der Waals surface area contributed by atoms with E-state index in [1.165, 1.54) is 16.7 Å². The molecular formula is C25H24O3. The van der Waals surface area contributed by atoms with E-state index in [1.807, 2.05) is 48.5 Å². The highest BCUT2D eigenvalue weighted by Gasteiger charge is 2.38. The molecule has 3 nitrogen and oxygen atoms in total. The van der Waals surface area contributed by atoms with Crippen molar-refractivity contribution in [1.29, 1.82) is 0 Å². The molecule has 2 aromatic carbocycles. The van der Waals surface area contributed by atoms with Crippen molar-refractivity contribution in [1.82, 2.24) is 0 Å². The lowest BCUT2D eigenvalue weighted by Gasteiger charge is -2.28. The second kappa shape index (κ2) is 7.89. The summed E-state index contributed by atoms with van der Waals surface area (Å²) >= 11 is 0. The molecule has 2 aromatic rings. The van der Waals surface area contributed by atoms with E-state index >= 15 is 0 Å². The fourth-order valence-corrected chi connectivity index (χ4v) is 4.29. The summed E-state index contributed by atoms with van der Waals surface area (Å²) in [4.78, 5) is 12.7. The number of hydrogen-bond acceptors (Lipinski definition) is 3. The summed E-state index contributed by atoms with van der Waals surface area (Å²) < 4.78 is 5.28. The smallest absolute Gasteiger partial charge is 0.338 e. The number of rotatable bonds is 4. The van der Waals surface area contributed by atoms with Gasteiger partial charge in [0, 0.05) is 12.3 Å². The maximum absolute atomic E-state index is 12.7. The monoisotopic (exact) mass is 372 g/mol. The van der Waals surface area contributed by atoms with Crippen molar-refractivity contribution in [2.75, 3.05) is 6.61 Å². The lowest BCUT2D eigenvalue weighted by molar-refractivity contribution is -0.139. The molecule has 4 rings (SSSR count). The molecule has 1 unspecified atom stereocenters. The molecule has 0 heterocycles. The molecule has 0 spiro atoms. The molecule has 0 radical (unpaired) electrons. The van der Waals surface area contributed by atoms with Gasteiger partial charge in [0.15, 0.2) is 0 Å². The molecule has 2 aliphatic rings. The SMILES string of the molecule is CCOC(=O)C1=C(O)CC2=C(CCC2=Cc2ccccc2)C1c1ccccc1. The molecule has 2 aliphatic carbocycles. The van der Waals surface area contributed by atoms with Crippen LogP contribution in [0.2, 0.25) is 0 Å². The van der Waals surface area contributed by atoms with E-state index in [2.05, 4.69) is 18.2 Å². The molecule has 0 saturated carbocycles. The van der Waals surface area contributed by atoms with Gasteiger partial charge in [-0.3, -0.25) is 0 Å². The van der Waals surface area contributed by atoms with Crippen LogP contribution in [0.25, 0.3) is 6.08 Å². The van der Waals surface area contributed by atoms with Crippen LogP contribution in [0.1, 0.15) is 43.2 Å². The van der Waals surface area contributed by atoms with Crippen LogP contribution in [0.3, 0.4) is 0 Å². The highest BCUT2D eigenvalue weighted by atomic mass is 16.5. The Morgan fingerprint density at radius 3 is 2.43 bits per heavy atom. The van der Waals surface area contributed by atoms with Crippen molar-refractivity contribution in [3.05, 3.63) is 99.8 Å². The first-order chi connectivity index (χ1) is 13.7. The number of carbonyl (C=O) groups excluding carboxylic acids is 1. The quantitative estimate of drug-likeness (QED) is 0.698. The van der Waals surface area contributed by atoms with Crippen molar-refractivity contribution < 1.29 is 14.6 Å². The molecule has 1 atom stereocenters. The lowest BCUT2D eigenvalue weighted by Crippen LogP contribution is -2.22. The Kier molecular flexibility index (Phi) is 5.16. The zero-order valence-electron chi connectivity index (χ0n) is 16.0. The minimum absolute atomic E-state index is 0.131. The average molecular weight is 372 g/mol. The number of carbonyl (C=O) groups is 1. The van der Waals surface area contributed by atoms with Gasteiger partial charge >= 0.3 is 5.97 Å². The summed E-state index contributed by atoms with van der Waals surface area (Å²) in [5.41, 5.74) is 6.22. The second-order valence-electron chi connectivity index (χ2n) is 7.19. The molecule has 0 bridgehead atoms. The zero-order valence-corrected chi connectivity index (χ0v) is 16.0. The molecule has 28 heavy (non-hydrogen) atoms. The van der Waals surface area contributed by atoms with Gasteiger partial charge in [0.05, 0.1) is 12.2 Å². The van der Waals surface area contributed by atoms with E-state index in [0.29, 0.717) is 18.6 Å². The van der Waals surface area contributed by atoms with Gasteiger partial charge in [-0.05, 0) is 42.0 Å². The molecule has 142 valence electrons. The summed E-state index contributed by atoms with van der Waals surface area (Å²) in [5.74, 6) is -0.529. The number of allylic oxidation sites excluding steroid dienone is 3. The van der Waals surface area contributed by atoms with Crippen LogP contribution in [0, 0.1) is 0 Å². The van der Waals surface area contributed by atoms with Crippen LogP contribution in [0.5, 0.6) is 0 Å². The van der Waals surface area contributed by atoms with Crippen molar-refractivity contribution in [2.45, 2.75) is 32.1 Å². The van der Waals surface area contributed by atoms with Crippen molar-refractivity contribution >= 4 is 12.0 Å². The van der Waals surface area contributed by atoms with Crippen LogP contribution < -0.4 is 0 Å². The predicted molar refractivity (Wildman–Crippen MR) is 111 cm³/mol. The summed E-state index contributed by atoms with van der Waals surface area (Å²) in [6, 6.07) is 20.2. The first-order valence-corrected chi connectivity index (χ1v) is 9.81. The molecule has 1 N–H and O–H groups in total.